The Bertz CT molecular complexity index is 1580. The molecule has 0 aliphatic rings. The number of sulfonamides is 1. The van der Waals surface area contributed by atoms with E-state index >= 15 is 0 Å². The zero-order valence-electron chi connectivity index (χ0n) is 23.3. The number of ether oxygens (including phenoxy) is 1. The molecule has 0 spiro atoms. The van der Waals surface area contributed by atoms with Crippen LogP contribution in [0.3, 0.4) is 0 Å². The monoisotopic (exact) mass is 589 g/mol. The van der Waals surface area contributed by atoms with Gasteiger partial charge in [-0.15, -0.1) is 0 Å². The van der Waals surface area contributed by atoms with E-state index in [4.69, 9.17) is 4.74 Å². The first kappa shape index (κ1) is 30.3. The summed E-state index contributed by atoms with van der Waals surface area (Å²) in [6.45, 7) is -0.628. The summed E-state index contributed by atoms with van der Waals surface area (Å²) in [4.78, 5) is 28.7. The molecular formula is C32H32FN3O5S. The SMILES string of the molecule is CNC(=O)C(Cc1ccccc1)N(Cc1ccc(F)cc1)C(=O)CN(c1ccccc1)S(=O)(=O)c1ccc(OC)cc1. The summed E-state index contributed by atoms with van der Waals surface area (Å²) in [6, 6.07) is 28.0. The first-order chi connectivity index (χ1) is 20.2. The molecule has 218 valence electrons. The molecule has 4 rings (SSSR count). The molecule has 0 aliphatic carbocycles. The van der Waals surface area contributed by atoms with Gasteiger partial charge in [-0.05, 0) is 59.7 Å². The molecule has 42 heavy (non-hydrogen) atoms. The zero-order valence-corrected chi connectivity index (χ0v) is 24.1. The molecule has 10 heteroatoms. The van der Waals surface area contributed by atoms with Gasteiger partial charge in [0.2, 0.25) is 11.8 Å². The highest BCUT2D eigenvalue weighted by Gasteiger charge is 2.34. The molecule has 1 N–H and O–H groups in total. The minimum Gasteiger partial charge on any atom is -0.497 e. The number of para-hydroxylation sites is 1. The van der Waals surface area contributed by atoms with Crippen LogP contribution >= 0.6 is 0 Å². The van der Waals surface area contributed by atoms with Gasteiger partial charge < -0.3 is 15.0 Å². The predicted octanol–water partition coefficient (Wildman–Crippen LogP) is 4.42. The van der Waals surface area contributed by atoms with Crippen molar-refractivity contribution in [2.45, 2.75) is 23.9 Å². The largest absolute Gasteiger partial charge is 0.497 e. The summed E-state index contributed by atoms with van der Waals surface area (Å²) in [5, 5.41) is 2.63. The molecule has 2 amide bonds. The van der Waals surface area contributed by atoms with Crippen LogP contribution in [0, 0.1) is 5.82 Å². The Hall–Kier alpha value is -4.70. The van der Waals surface area contributed by atoms with E-state index in [0.717, 1.165) is 9.87 Å². The molecule has 1 atom stereocenters. The molecule has 0 saturated heterocycles. The number of anilines is 1. The molecule has 1 unspecified atom stereocenters. The summed E-state index contributed by atoms with van der Waals surface area (Å²) in [6.07, 6.45) is 0.185. The number of amides is 2. The number of hydrogen-bond donors (Lipinski definition) is 1. The van der Waals surface area contributed by atoms with Crippen molar-refractivity contribution < 1.29 is 27.1 Å². The lowest BCUT2D eigenvalue weighted by Gasteiger charge is -2.33. The normalized spacial score (nSPS) is 11.8. The van der Waals surface area contributed by atoms with E-state index in [1.54, 1.807) is 30.3 Å². The van der Waals surface area contributed by atoms with Gasteiger partial charge >= 0.3 is 0 Å². The van der Waals surface area contributed by atoms with E-state index < -0.39 is 40.2 Å². The molecule has 0 fully saturated rings. The summed E-state index contributed by atoms with van der Waals surface area (Å²) in [7, 11) is -1.26. The fourth-order valence-electron chi connectivity index (χ4n) is 4.51. The van der Waals surface area contributed by atoms with Gasteiger partial charge in [0, 0.05) is 20.0 Å². The molecule has 4 aromatic rings. The lowest BCUT2D eigenvalue weighted by molar-refractivity contribution is -0.139. The number of carbonyl (C=O) groups excluding carboxylic acids is 2. The van der Waals surface area contributed by atoms with Crippen LogP contribution in [0.5, 0.6) is 5.75 Å². The fraction of sp³-hybridized carbons (Fsp3) is 0.188. The molecule has 0 aliphatic heterocycles. The van der Waals surface area contributed by atoms with E-state index in [-0.39, 0.29) is 23.5 Å². The lowest BCUT2D eigenvalue weighted by Crippen LogP contribution is -2.53. The van der Waals surface area contributed by atoms with Crippen LogP contribution in [0.4, 0.5) is 10.1 Å². The number of carbonyl (C=O) groups is 2. The Labute approximate surface area is 245 Å². The maximum Gasteiger partial charge on any atom is 0.264 e. The quantitative estimate of drug-likeness (QED) is 0.264. The summed E-state index contributed by atoms with van der Waals surface area (Å²) < 4.78 is 47.7. The highest BCUT2D eigenvalue weighted by molar-refractivity contribution is 7.92. The Kier molecular flexibility index (Phi) is 9.93. The maximum atomic E-state index is 14.2. The number of hydrogen-bond acceptors (Lipinski definition) is 5. The van der Waals surface area contributed by atoms with Crippen molar-refractivity contribution >= 4 is 27.5 Å². The first-order valence-corrected chi connectivity index (χ1v) is 14.7. The Morgan fingerprint density at radius 2 is 1.43 bits per heavy atom. The molecule has 0 bridgehead atoms. The third-order valence-electron chi connectivity index (χ3n) is 6.75. The second-order valence-corrected chi connectivity index (χ2v) is 11.4. The van der Waals surface area contributed by atoms with Gasteiger partial charge in [-0.2, -0.15) is 0 Å². The molecule has 0 radical (unpaired) electrons. The molecule has 8 nitrogen and oxygen atoms in total. The van der Waals surface area contributed by atoms with Gasteiger partial charge in [-0.3, -0.25) is 13.9 Å². The molecular weight excluding hydrogens is 557 g/mol. The van der Waals surface area contributed by atoms with Crippen LogP contribution in [0.15, 0.2) is 114 Å². The number of methoxy groups -OCH3 is 1. The second kappa shape index (κ2) is 13.8. The molecule has 4 aromatic carbocycles. The van der Waals surface area contributed by atoms with Gasteiger partial charge in [0.1, 0.15) is 24.2 Å². The topological polar surface area (TPSA) is 96.0 Å². The number of likely N-dealkylation sites (N-methyl/N-ethyl adjacent to an activating group) is 1. The molecule has 0 heterocycles. The van der Waals surface area contributed by atoms with Crippen LogP contribution < -0.4 is 14.4 Å². The van der Waals surface area contributed by atoms with Gasteiger partial charge in [-0.25, -0.2) is 12.8 Å². The Morgan fingerprint density at radius 3 is 2.00 bits per heavy atom. The third-order valence-corrected chi connectivity index (χ3v) is 8.54. The van der Waals surface area contributed by atoms with Crippen molar-refractivity contribution in [1.29, 1.82) is 0 Å². The van der Waals surface area contributed by atoms with Crippen molar-refractivity contribution in [2.24, 2.45) is 0 Å². The van der Waals surface area contributed by atoms with E-state index in [1.165, 1.54) is 67.6 Å². The summed E-state index contributed by atoms with van der Waals surface area (Å²) in [5.74, 6) is -0.982. The number of halogens is 1. The summed E-state index contributed by atoms with van der Waals surface area (Å²) in [5.41, 5.74) is 1.67. The van der Waals surface area contributed by atoms with Crippen LogP contribution in [0.25, 0.3) is 0 Å². The third kappa shape index (κ3) is 7.32. The fourth-order valence-corrected chi connectivity index (χ4v) is 5.92. The Morgan fingerprint density at radius 1 is 0.833 bits per heavy atom. The van der Waals surface area contributed by atoms with Crippen molar-refractivity contribution in [3.8, 4) is 5.75 Å². The average Bonchev–Trinajstić information content (AvgIpc) is 3.02. The van der Waals surface area contributed by atoms with Crippen LogP contribution in [0.2, 0.25) is 0 Å². The minimum absolute atomic E-state index is 0.0304. The Balaban J connectivity index is 1.76. The minimum atomic E-state index is -4.22. The lowest BCUT2D eigenvalue weighted by atomic mass is 10.0. The molecule has 0 aromatic heterocycles. The van der Waals surface area contributed by atoms with Crippen molar-refractivity contribution in [3.63, 3.8) is 0 Å². The zero-order chi connectivity index (χ0) is 30.1. The van der Waals surface area contributed by atoms with Gasteiger partial charge in [-0.1, -0.05) is 60.7 Å². The molecule has 0 saturated carbocycles. The standard InChI is InChI=1S/C32H32FN3O5S/c1-34-32(38)30(21-24-9-5-3-6-10-24)35(22-25-13-15-26(33)16-14-25)31(37)23-36(27-11-7-4-8-12-27)42(39,40)29-19-17-28(41-2)18-20-29/h3-20,30H,21-23H2,1-2H3,(H,34,38). The van der Waals surface area contributed by atoms with Crippen molar-refractivity contribution in [2.75, 3.05) is 25.0 Å². The number of nitrogens with one attached hydrogen (secondary N) is 1. The maximum absolute atomic E-state index is 14.2. The number of benzene rings is 4. The number of nitrogens with zero attached hydrogens (tertiary/aromatic N) is 2. The van der Waals surface area contributed by atoms with Crippen LogP contribution in [0.1, 0.15) is 11.1 Å². The van der Waals surface area contributed by atoms with E-state index in [2.05, 4.69) is 5.32 Å². The van der Waals surface area contributed by atoms with Gasteiger partial charge in [0.05, 0.1) is 17.7 Å². The van der Waals surface area contributed by atoms with E-state index in [0.29, 0.717) is 11.3 Å². The number of rotatable bonds is 12. The predicted molar refractivity (Wildman–Crippen MR) is 159 cm³/mol. The average molecular weight is 590 g/mol. The van der Waals surface area contributed by atoms with Crippen molar-refractivity contribution in [3.05, 3.63) is 126 Å². The van der Waals surface area contributed by atoms with E-state index in [1.807, 2.05) is 30.3 Å². The van der Waals surface area contributed by atoms with Crippen LogP contribution in [-0.2, 0) is 32.6 Å². The van der Waals surface area contributed by atoms with Crippen LogP contribution in [-0.4, -0.2) is 51.9 Å². The van der Waals surface area contributed by atoms with Gasteiger partial charge in [0.25, 0.3) is 10.0 Å². The first-order valence-electron chi connectivity index (χ1n) is 13.2. The smallest absolute Gasteiger partial charge is 0.264 e. The summed E-state index contributed by atoms with van der Waals surface area (Å²) >= 11 is 0. The van der Waals surface area contributed by atoms with Gasteiger partial charge in [0.15, 0.2) is 0 Å². The highest BCUT2D eigenvalue weighted by atomic mass is 32.2. The van der Waals surface area contributed by atoms with E-state index in [9.17, 15) is 22.4 Å². The highest BCUT2D eigenvalue weighted by Crippen LogP contribution is 2.26. The second-order valence-electron chi connectivity index (χ2n) is 9.49. The van der Waals surface area contributed by atoms with Crippen molar-refractivity contribution in [1.82, 2.24) is 10.2 Å².